The summed E-state index contributed by atoms with van der Waals surface area (Å²) in [6.45, 7) is 6.69. The Labute approximate surface area is 220 Å². The van der Waals surface area contributed by atoms with Crippen molar-refractivity contribution < 1.29 is 23.4 Å². The highest BCUT2D eigenvalue weighted by Crippen LogP contribution is 2.45. The normalized spacial score (nSPS) is 14.1. The molecule has 4 rings (SSSR count). The Bertz CT molecular complexity index is 1380. The first-order valence-corrected chi connectivity index (χ1v) is 12.8. The molecule has 202 valence electrons. The van der Waals surface area contributed by atoms with E-state index in [2.05, 4.69) is 22.2 Å². The van der Waals surface area contributed by atoms with Gasteiger partial charge >= 0.3 is 6.18 Å². The first kappa shape index (κ1) is 27.7. The smallest absolute Gasteiger partial charge is 0.417 e. The minimum Gasteiger partial charge on any atom is -0.508 e. The van der Waals surface area contributed by atoms with Crippen LogP contribution in [0.4, 0.5) is 13.2 Å². The van der Waals surface area contributed by atoms with Gasteiger partial charge in [0.05, 0.1) is 17.4 Å². The zero-order valence-electron chi connectivity index (χ0n) is 21.9. The SMILES string of the molecule is CCCNCc1cc2cc(CC(O)(CC(C)(C)c3cc(-c4ccccc4)ccc3O)C(F)(F)F)[nH]c2cn1. The Kier molecular flexibility index (Phi) is 7.85. The van der Waals surface area contributed by atoms with E-state index in [0.29, 0.717) is 17.6 Å². The van der Waals surface area contributed by atoms with Crippen LogP contribution in [0.25, 0.3) is 22.0 Å². The number of aromatic nitrogens is 2. The number of hydrogen-bond acceptors (Lipinski definition) is 4. The number of rotatable bonds is 10. The van der Waals surface area contributed by atoms with Crippen molar-refractivity contribution >= 4 is 10.9 Å². The van der Waals surface area contributed by atoms with Crippen molar-refractivity contribution in [1.82, 2.24) is 15.3 Å². The van der Waals surface area contributed by atoms with Gasteiger partial charge in [-0.05, 0) is 60.2 Å². The van der Waals surface area contributed by atoms with Crippen molar-refractivity contribution in [2.45, 2.75) is 63.8 Å². The number of pyridine rings is 1. The van der Waals surface area contributed by atoms with Gasteiger partial charge in [-0.3, -0.25) is 4.98 Å². The zero-order chi connectivity index (χ0) is 27.6. The molecule has 0 spiro atoms. The summed E-state index contributed by atoms with van der Waals surface area (Å²) < 4.78 is 43.3. The third kappa shape index (κ3) is 6.03. The lowest BCUT2D eigenvalue weighted by atomic mass is 9.72. The summed E-state index contributed by atoms with van der Waals surface area (Å²) in [5, 5.41) is 25.8. The molecule has 0 fully saturated rings. The van der Waals surface area contributed by atoms with Crippen molar-refractivity contribution in [2.24, 2.45) is 0 Å². The van der Waals surface area contributed by atoms with Crippen LogP contribution in [0.5, 0.6) is 5.75 Å². The van der Waals surface area contributed by atoms with E-state index in [9.17, 15) is 23.4 Å². The Morgan fingerprint density at radius 2 is 1.71 bits per heavy atom. The molecule has 0 aliphatic rings. The molecule has 2 aromatic carbocycles. The van der Waals surface area contributed by atoms with Gasteiger partial charge in [-0.25, -0.2) is 0 Å². The molecule has 5 nitrogen and oxygen atoms in total. The molecule has 0 amide bonds. The lowest BCUT2D eigenvalue weighted by molar-refractivity contribution is -0.266. The Morgan fingerprint density at radius 1 is 0.974 bits per heavy atom. The van der Waals surface area contributed by atoms with Gasteiger partial charge < -0.3 is 20.5 Å². The molecule has 0 bridgehead atoms. The largest absolute Gasteiger partial charge is 0.508 e. The van der Waals surface area contributed by atoms with Crippen molar-refractivity contribution in [3.63, 3.8) is 0 Å². The molecule has 2 heterocycles. The number of H-pyrrole nitrogens is 1. The molecule has 0 radical (unpaired) electrons. The average molecular weight is 526 g/mol. The maximum atomic E-state index is 14.4. The molecule has 1 unspecified atom stereocenters. The van der Waals surface area contributed by atoms with Crippen molar-refractivity contribution in [3.05, 3.63) is 83.8 Å². The monoisotopic (exact) mass is 525 g/mol. The predicted molar refractivity (Wildman–Crippen MR) is 144 cm³/mol. The van der Waals surface area contributed by atoms with Gasteiger partial charge in [0.2, 0.25) is 0 Å². The summed E-state index contributed by atoms with van der Waals surface area (Å²) in [6, 6.07) is 17.8. The number of alkyl halides is 3. The van der Waals surface area contributed by atoms with Crippen LogP contribution < -0.4 is 5.32 Å². The molecule has 0 aliphatic carbocycles. The summed E-state index contributed by atoms with van der Waals surface area (Å²) in [5.41, 5.74) is -0.587. The number of aromatic amines is 1. The van der Waals surface area contributed by atoms with Gasteiger partial charge in [0.15, 0.2) is 5.60 Å². The van der Waals surface area contributed by atoms with Gasteiger partial charge in [0, 0.05) is 29.6 Å². The summed E-state index contributed by atoms with van der Waals surface area (Å²) in [5.74, 6) is -0.111. The van der Waals surface area contributed by atoms with Crippen molar-refractivity contribution in [2.75, 3.05) is 6.54 Å². The summed E-state index contributed by atoms with van der Waals surface area (Å²) in [4.78, 5) is 7.37. The minimum absolute atomic E-state index is 0.111. The second-order valence-corrected chi connectivity index (χ2v) is 10.6. The van der Waals surface area contributed by atoms with Gasteiger partial charge in [0.1, 0.15) is 5.75 Å². The van der Waals surface area contributed by atoms with E-state index in [1.807, 2.05) is 36.4 Å². The fraction of sp³-hybridized carbons (Fsp3) is 0.367. The van der Waals surface area contributed by atoms with E-state index in [4.69, 9.17) is 0 Å². The molecule has 2 aromatic heterocycles. The Balaban J connectivity index is 1.63. The maximum Gasteiger partial charge on any atom is 0.417 e. The van der Waals surface area contributed by atoms with Crippen LogP contribution in [0, 0.1) is 0 Å². The zero-order valence-corrected chi connectivity index (χ0v) is 21.9. The Morgan fingerprint density at radius 3 is 2.39 bits per heavy atom. The fourth-order valence-corrected chi connectivity index (χ4v) is 5.01. The standard InChI is InChI=1S/C30H34F3N3O2/c1-4-12-34-17-24-14-22-13-23(36-26(22)18-35-24)16-29(38,30(31,32)33)19-28(2,3)25-15-21(10-11-27(25)37)20-8-6-5-7-9-20/h5-11,13-15,18,34,36-38H,4,12,16-17,19H2,1-3H3. The van der Waals surface area contributed by atoms with E-state index in [1.165, 1.54) is 6.07 Å². The van der Waals surface area contributed by atoms with Crippen LogP contribution in [-0.4, -0.2) is 38.5 Å². The van der Waals surface area contributed by atoms with Crippen LogP contribution in [-0.2, 0) is 18.4 Å². The van der Waals surface area contributed by atoms with E-state index >= 15 is 0 Å². The number of aliphatic hydroxyl groups is 1. The number of phenols is 1. The maximum absolute atomic E-state index is 14.4. The highest BCUT2D eigenvalue weighted by atomic mass is 19.4. The number of benzene rings is 2. The molecule has 4 aromatic rings. The number of fused-ring (bicyclic) bond motifs is 1. The second kappa shape index (κ2) is 10.8. The van der Waals surface area contributed by atoms with E-state index < -0.39 is 30.0 Å². The van der Waals surface area contributed by atoms with Crippen LogP contribution in [0.3, 0.4) is 0 Å². The molecular weight excluding hydrogens is 491 g/mol. The topological polar surface area (TPSA) is 81.2 Å². The van der Waals surface area contributed by atoms with Crippen LogP contribution in [0.2, 0.25) is 0 Å². The van der Waals surface area contributed by atoms with E-state index in [1.54, 1.807) is 38.2 Å². The lowest BCUT2D eigenvalue weighted by Gasteiger charge is -2.38. The minimum atomic E-state index is -4.90. The third-order valence-electron chi connectivity index (χ3n) is 6.93. The number of nitrogens with one attached hydrogen (secondary N) is 2. The van der Waals surface area contributed by atoms with E-state index in [-0.39, 0.29) is 11.4 Å². The number of phenolic OH excluding ortho intramolecular Hbond substituents is 1. The molecular formula is C30H34F3N3O2. The number of halogens is 3. The van der Waals surface area contributed by atoms with Crippen LogP contribution in [0.15, 0.2) is 66.9 Å². The van der Waals surface area contributed by atoms with Crippen LogP contribution in [0.1, 0.15) is 50.6 Å². The molecule has 0 saturated heterocycles. The Hall–Kier alpha value is -3.36. The first-order valence-electron chi connectivity index (χ1n) is 12.8. The van der Waals surface area contributed by atoms with Crippen LogP contribution >= 0.6 is 0 Å². The van der Waals surface area contributed by atoms with Gasteiger partial charge in [-0.15, -0.1) is 0 Å². The lowest BCUT2D eigenvalue weighted by Crippen LogP contribution is -2.50. The predicted octanol–water partition coefficient (Wildman–Crippen LogP) is 6.64. The molecule has 38 heavy (non-hydrogen) atoms. The average Bonchev–Trinajstić information content (AvgIpc) is 3.25. The first-order chi connectivity index (χ1) is 17.9. The quantitative estimate of drug-likeness (QED) is 0.175. The summed E-state index contributed by atoms with van der Waals surface area (Å²) in [7, 11) is 0. The van der Waals surface area contributed by atoms with E-state index in [0.717, 1.165) is 35.2 Å². The fourth-order valence-electron chi connectivity index (χ4n) is 5.01. The number of hydrogen-bond donors (Lipinski definition) is 4. The van der Waals surface area contributed by atoms with Gasteiger partial charge in [-0.2, -0.15) is 13.2 Å². The highest BCUT2D eigenvalue weighted by molar-refractivity contribution is 5.80. The molecule has 8 heteroatoms. The number of nitrogens with zero attached hydrogens (tertiary/aromatic N) is 1. The summed E-state index contributed by atoms with van der Waals surface area (Å²) >= 11 is 0. The second-order valence-electron chi connectivity index (χ2n) is 10.6. The highest BCUT2D eigenvalue weighted by Gasteiger charge is 2.56. The molecule has 4 N–H and O–H groups in total. The number of aromatic hydroxyl groups is 1. The molecule has 0 aliphatic heterocycles. The van der Waals surface area contributed by atoms with Gasteiger partial charge in [-0.1, -0.05) is 57.2 Å². The summed E-state index contributed by atoms with van der Waals surface area (Å²) in [6.07, 6.45) is -3.61. The van der Waals surface area contributed by atoms with Crippen molar-refractivity contribution in [1.29, 1.82) is 0 Å². The van der Waals surface area contributed by atoms with Gasteiger partial charge in [0.25, 0.3) is 0 Å². The molecule has 0 saturated carbocycles. The molecule has 1 atom stereocenters. The third-order valence-corrected chi connectivity index (χ3v) is 6.93. The van der Waals surface area contributed by atoms with Crippen molar-refractivity contribution in [3.8, 4) is 16.9 Å².